The summed E-state index contributed by atoms with van der Waals surface area (Å²) in [6.45, 7) is 5.79. The van der Waals surface area contributed by atoms with E-state index in [1.807, 2.05) is 53.8 Å². The van der Waals surface area contributed by atoms with Crippen molar-refractivity contribution in [3.05, 3.63) is 36.5 Å². The molecule has 2 atom stereocenters. The van der Waals surface area contributed by atoms with Crippen LogP contribution in [0.25, 0.3) is 10.9 Å². The number of carbonyl (C=O) groups is 1. The summed E-state index contributed by atoms with van der Waals surface area (Å²) < 4.78 is 7.69. The average molecular weight is 272 g/mol. The van der Waals surface area contributed by atoms with Gasteiger partial charge in [-0.25, -0.2) is 0 Å². The van der Waals surface area contributed by atoms with Gasteiger partial charge in [0.2, 0.25) is 5.91 Å². The van der Waals surface area contributed by atoms with Crippen LogP contribution in [0.2, 0.25) is 0 Å². The van der Waals surface area contributed by atoms with Crippen LogP contribution in [0.1, 0.15) is 13.8 Å². The molecule has 3 rings (SSSR count). The fraction of sp³-hybridized carbons (Fsp3) is 0.438. The van der Waals surface area contributed by atoms with Crippen LogP contribution in [0.5, 0.6) is 0 Å². The van der Waals surface area contributed by atoms with Crippen molar-refractivity contribution < 1.29 is 9.53 Å². The Labute approximate surface area is 118 Å². The molecule has 106 valence electrons. The number of rotatable bonds is 2. The largest absolute Gasteiger partial charge is 0.372 e. The molecule has 0 radical (unpaired) electrons. The number of carbonyl (C=O) groups excluding carboxylic acids is 1. The number of hydrogen-bond acceptors (Lipinski definition) is 2. The van der Waals surface area contributed by atoms with E-state index < -0.39 is 0 Å². The predicted molar refractivity (Wildman–Crippen MR) is 78.5 cm³/mol. The van der Waals surface area contributed by atoms with Crippen LogP contribution in [0.4, 0.5) is 0 Å². The summed E-state index contributed by atoms with van der Waals surface area (Å²) in [7, 11) is 0. The molecule has 1 saturated heterocycles. The molecule has 0 bridgehead atoms. The minimum absolute atomic E-state index is 0.115. The Morgan fingerprint density at radius 3 is 2.65 bits per heavy atom. The van der Waals surface area contributed by atoms with Crippen molar-refractivity contribution in [3.63, 3.8) is 0 Å². The fourth-order valence-corrected chi connectivity index (χ4v) is 2.91. The highest BCUT2D eigenvalue weighted by molar-refractivity contribution is 5.83. The number of morpholine rings is 1. The highest BCUT2D eigenvalue weighted by Crippen LogP contribution is 2.16. The molecule has 4 nitrogen and oxygen atoms in total. The van der Waals surface area contributed by atoms with Crippen molar-refractivity contribution in [2.75, 3.05) is 13.1 Å². The normalized spacial score (nSPS) is 23.2. The van der Waals surface area contributed by atoms with Gasteiger partial charge >= 0.3 is 0 Å². The summed E-state index contributed by atoms with van der Waals surface area (Å²) in [5.74, 6) is 0.161. The van der Waals surface area contributed by atoms with Crippen LogP contribution in [-0.4, -0.2) is 40.7 Å². The molecular formula is C16H20N2O2. The molecule has 1 aromatic heterocycles. The van der Waals surface area contributed by atoms with Crippen LogP contribution in [0.3, 0.4) is 0 Å². The number of hydrogen-bond donors (Lipinski definition) is 0. The van der Waals surface area contributed by atoms with Crippen molar-refractivity contribution >= 4 is 16.8 Å². The lowest BCUT2D eigenvalue weighted by molar-refractivity contribution is -0.143. The van der Waals surface area contributed by atoms with Crippen molar-refractivity contribution in [1.29, 1.82) is 0 Å². The molecule has 4 heteroatoms. The predicted octanol–water partition coefficient (Wildman–Crippen LogP) is 2.28. The summed E-state index contributed by atoms with van der Waals surface area (Å²) >= 11 is 0. The first-order chi connectivity index (χ1) is 9.63. The van der Waals surface area contributed by atoms with Crippen molar-refractivity contribution in [2.24, 2.45) is 0 Å². The van der Waals surface area contributed by atoms with Gasteiger partial charge in [0.15, 0.2) is 0 Å². The van der Waals surface area contributed by atoms with E-state index in [1.54, 1.807) is 0 Å². The van der Waals surface area contributed by atoms with Crippen molar-refractivity contribution in [2.45, 2.75) is 32.6 Å². The average Bonchev–Trinajstić information content (AvgIpc) is 2.81. The Hall–Kier alpha value is -1.81. The van der Waals surface area contributed by atoms with Gasteiger partial charge in [0.25, 0.3) is 0 Å². The third-order valence-electron chi connectivity index (χ3n) is 3.76. The van der Waals surface area contributed by atoms with Gasteiger partial charge in [-0.1, -0.05) is 18.2 Å². The van der Waals surface area contributed by atoms with Crippen LogP contribution in [0, 0.1) is 0 Å². The lowest BCUT2D eigenvalue weighted by Crippen LogP contribution is -2.49. The molecular weight excluding hydrogens is 252 g/mol. The van der Waals surface area contributed by atoms with Gasteiger partial charge in [-0.2, -0.15) is 0 Å². The van der Waals surface area contributed by atoms with Gasteiger partial charge in [0, 0.05) is 24.8 Å². The van der Waals surface area contributed by atoms with E-state index in [4.69, 9.17) is 4.74 Å². The minimum atomic E-state index is 0.115. The quantitative estimate of drug-likeness (QED) is 0.840. The molecule has 2 aromatic rings. The summed E-state index contributed by atoms with van der Waals surface area (Å²) in [6, 6.07) is 10.2. The molecule has 0 spiro atoms. The number of ether oxygens (including phenoxy) is 1. The Bertz CT molecular complexity index is 610. The van der Waals surface area contributed by atoms with Crippen LogP contribution in [0.15, 0.2) is 36.5 Å². The highest BCUT2D eigenvalue weighted by Gasteiger charge is 2.25. The van der Waals surface area contributed by atoms with Gasteiger partial charge in [-0.3, -0.25) is 4.79 Å². The number of para-hydroxylation sites is 1. The van der Waals surface area contributed by atoms with Crippen molar-refractivity contribution in [1.82, 2.24) is 9.47 Å². The zero-order chi connectivity index (χ0) is 14.1. The Kier molecular flexibility index (Phi) is 3.49. The zero-order valence-electron chi connectivity index (χ0n) is 12.0. The van der Waals surface area contributed by atoms with E-state index in [0.717, 1.165) is 5.52 Å². The Morgan fingerprint density at radius 2 is 1.90 bits per heavy atom. The van der Waals surface area contributed by atoms with E-state index in [0.29, 0.717) is 19.6 Å². The Balaban J connectivity index is 1.75. The van der Waals surface area contributed by atoms with Crippen LogP contribution < -0.4 is 0 Å². The minimum Gasteiger partial charge on any atom is -0.372 e. The molecule has 0 aliphatic carbocycles. The number of nitrogens with zero attached hydrogens (tertiary/aromatic N) is 2. The fourth-order valence-electron chi connectivity index (χ4n) is 2.91. The standard InChI is InChI=1S/C16H20N2O2/c1-12-9-18(10-13(2)20-12)16(19)11-17-8-7-14-5-3-4-6-15(14)17/h3-8,12-13H,9-11H2,1-2H3/t12-,13-/m1/s1. The first-order valence-corrected chi connectivity index (χ1v) is 7.10. The Morgan fingerprint density at radius 1 is 1.20 bits per heavy atom. The third kappa shape index (κ3) is 2.56. The molecule has 0 unspecified atom stereocenters. The summed E-state index contributed by atoms with van der Waals surface area (Å²) in [5.41, 5.74) is 1.11. The zero-order valence-corrected chi connectivity index (χ0v) is 12.0. The highest BCUT2D eigenvalue weighted by atomic mass is 16.5. The molecule has 0 saturated carbocycles. The lowest BCUT2D eigenvalue weighted by atomic mass is 10.2. The summed E-state index contributed by atoms with van der Waals surface area (Å²) in [5, 5.41) is 1.17. The molecule has 1 aromatic carbocycles. The maximum atomic E-state index is 12.4. The van der Waals surface area contributed by atoms with Gasteiger partial charge < -0.3 is 14.2 Å². The van der Waals surface area contributed by atoms with Crippen molar-refractivity contribution in [3.8, 4) is 0 Å². The lowest BCUT2D eigenvalue weighted by Gasteiger charge is -2.35. The second-order valence-corrected chi connectivity index (χ2v) is 5.56. The monoisotopic (exact) mass is 272 g/mol. The second kappa shape index (κ2) is 5.29. The van der Waals surface area contributed by atoms with E-state index in [-0.39, 0.29) is 18.1 Å². The number of benzene rings is 1. The van der Waals surface area contributed by atoms with E-state index in [9.17, 15) is 4.79 Å². The molecule has 1 amide bonds. The molecule has 20 heavy (non-hydrogen) atoms. The molecule has 0 N–H and O–H groups in total. The molecule has 1 aliphatic rings. The topological polar surface area (TPSA) is 34.5 Å². The van der Waals surface area contributed by atoms with E-state index >= 15 is 0 Å². The molecule has 2 heterocycles. The first kappa shape index (κ1) is 13.2. The van der Waals surface area contributed by atoms with Gasteiger partial charge in [-0.05, 0) is 31.4 Å². The van der Waals surface area contributed by atoms with Crippen LogP contribution in [-0.2, 0) is 16.1 Å². The van der Waals surface area contributed by atoms with E-state index in [2.05, 4.69) is 6.07 Å². The smallest absolute Gasteiger partial charge is 0.242 e. The summed E-state index contributed by atoms with van der Waals surface area (Å²) in [6.07, 6.45) is 2.21. The maximum absolute atomic E-state index is 12.4. The second-order valence-electron chi connectivity index (χ2n) is 5.56. The van der Waals surface area contributed by atoms with Gasteiger partial charge in [0.05, 0.1) is 12.2 Å². The third-order valence-corrected chi connectivity index (χ3v) is 3.76. The SMILES string of the molecule is C[C@@H]1CN(C(=O)Cn2ccc3ccccc32)C[C@@H](C)O1. The maximum Gasteiger partial charge on any atom is 0.242 e. The molecule has 1 aliphatic heterocycles. The van der Waals surface area contributed by atoms with E-state index in [1.165, 1.54) is 5.39 Å². The van der Waals surface area contributed by atoms with Crippen LogP contribution >= 0.6 is 0 Å². The van der Waals surface area contributed by atoms with Gasteiger partial charge in [-0.15, -0.1) is 0 Å². The first-order valence-electron chi connectivity index (χ1n) is 7.10. The molecule has 1 fully saturated rings. The number of fused-ring (bicyclic) bond motifs is 1. The number of amides is 1. The van der Waals surface area contributed by atoms with Gasteiger partial charge in [0.1, 0.15) is 6.54 Å². The summed E-state index contributed by atoms with van der Waals surface area (Å²) in [4.78, 5) is 14.4. The number of aromatic nitrogens is 1.